The minimum Gasteiger partial charge on any atom is -0.282 e. The van der Waals surface area contributed by atoms with Crippen LogP contribution in [-0.2, 0) is 35.3 Å². The topological polar surface area (TPSA) is 141 Å². The maximum Gasteiger partial charge on any atom is 0.416 e. The highest BCUT2D eigenvalue weighted by molar-refractivity contribution is 7.85. The van der Waals surface area contributed by atoms with Crippen molar-refractivity contribution in [3.63, 3.8) is 0 Å². The molecular weight excluding hydrogens is 586 g/mol. The van der Waals surface area contributed by atoms with E-state index in [1.54, 1.807) is 0 Å². The molecule has 39 heavy (non-hydrogen) atoms. The van der Waals surface area contributed by atoms with E-state index in [2.05, 4.69) is 0 Å². The van der Waals surface area contributed by atoms with Crippen molar-refractivity contribution in [3.8, 4) is 0 Å². The number of alkyl halides is 6. The average molecular weight is 599 g/mol. The number of nitro groups is 2. The Labute approximate surface area is 219 Å². The third-order valence-corrected chi connectivity index (χ3v) is 6.92. The fraction of sp³-hybridized carbons (Fsp3) is 0.182. The van der Waals surface area contributed by atoms with Crippen LogP contribution < -0.4 is 0 Å². The lowest BCUT2D eigenvalue weighted by Crippen LogP contribution is -2.16. The summed E-state index contributed by atoms with van der Waals surface area (Å²) in [6, 6.07) is 5.26. The van der Waals surface area contributed by atoms with E-state index in [0.29, 0.717) is 30.3 Å². The Morgan fingerprint density at radius 2 is 1.13 bits per heavy atom. The summed E-state index contributed by atoms with van der Waals surface area (Å²) in [6.07, 6.45) is -12.7. The molecule has 0 bridgehead atoms. The van der Waals surface area contributed by atoms with Crippen molar-refractivity contribution in [2.75, 3.05) is 0 Å². The fourth-order valence-electron chi connectivity index (χ4n) is 4.02. The lowest BCUT2D eigenvalue weighted by molar-refractivity contribution is -0.385. The molecule has 9 nitrogen and oxygen atoms in total. The quantitative estimate of drug-likeness (QED) is 0.139. The van der Waals surface area contributed by atoms with Gasteiger partial charge in [0.2, 0.25) is 0 Å². The summed E-state index contributed by atoms with van der Waals surface area (Å²) in [4.78, 5) is 19.6. The third kappa shape index (κ3) is 6.29. The molecular formula is C22H13ClF6N2O7S. The van der Waals surface area contributed by atoms with E-state index in [4.69, 9.17) is 11.6 Å². The van der Waals surface area contributed by atoms with E-state index in [-0.39, 0.29) is 0 Å². The number of nitrogens with zero attached hydrogens (tertiary/aromatic N) is 2. The summed E-state index contributed by atoms with van der Waals surface area (Å²) in [7, 11) is -5.30. The number of nitro benzene ring substituents is 2. The standard InChI is InChI=1S/C22H13ClF6N2O7S/c23-17-7-8-20(39(36,37)38)12(10-14-16(22(27,28)29)4-2-6-19(14)31(34)35)11(17)9-13-15(21(24,25)26)3-1-5-18(13)30(32)33/h1-8H,9-10H2,(H,36,37,38). The largest absolute Gasteiger partial charge is 0.416 e. The van der Waals surface area contributed by atoms with Gasteiger partial charge in [0.1, 0.15) is 0 Å². The zero-order valence-corrected chi connectivity index (χ0v) is 20.5. The smallest absolute Gasteiger partial charge is 0.282 e. The fourth-order valence-corrected chi connectivity index (χ4v) is 5.01. The molecule has 0 unspecified atom stereocenters. The molecule has 0 atom stereocenters. The highest BCUT2D eigenvalue weighted by atomic mass is 35.5. The van der Waals surface area contributed by atoms with Gasteiger partial charge in [-0.2, -0.15) is 34.8 Å². The van der Waals surface area contributed by atoms with Gasteiger partial charge < -0.3 is 0 Å². The third-order valence-electron chi connectivity index (χ3n) is 5.62. The molecule has 0 saturated carbocycles. The normalized spacial score (nSPS) is 12.4. The van der Waals surface area contributed by atoms with Crippen molar-refractivity contribution in [1.82, 2.24) is 0 Å². The summed E-state index contributed by atoms with van der Waals surface area (Å²) >= 11 is 6.11. The SMILES string of the molecule is O=[N+]([O-])c1cccc(C(F)(F)F)c1Cc1c(Cl)ccc(S(=O)(=O)O)c1Cc1c([N+](=O)[O-])cccc1C(F)(F)F. The molecule has 0 saturated heterocycles. The molecule has 17 heteroatoms. The summed E-state index contributed by atoms with van der Waals surface area (Å²) in [5.74, 6) is 0. The van der Waals surface area contributed by atoms with Crippen molar-refractivity contribution >= 4 is 33.1 Å². The first-order chi connectivity index (χ1) is 17.8. The van der Waals surface area contributed by atoms with Crippen molar-refractivity contribution in [2.24, 2.45) is 0 Å². The van der Waals surface area contributed by atoms with Gasteiger partial charge in [0.25, 0.3) is 21.5 Å². The van der Waals surface area contributed by atoms with Crippen LogP contribution in [0.25, 0.3) is 0 Å². The lowest BCUT2D eigenvalue weighted by atomic mass is 9.90. The zero-order valence-electron chi connectivity index (χ0n) is 18.9. The molecule has 0 aliphatic carbocycles. The van der Waals surface area contributed by atoms with Crippen LogP contribution in [0.5, 0.6) is 0 Å². The highest BCUT2D eigenvalue weighted by Crippen LogP contribution is 2.42. The zero-order chi connectivity index (χ0) is 29.5. The molecule has 3 rings (SSSR count). The van der Waals surface area contributed by atoms with Crippen LogP contribution in [0.15, 0.2) is 53.4 Å². The second-order valence-corrected chi connectivity index (χ2v) is 9.74. The van der Waals surface area contributed by atoms with Gasteiger partial charge in [-0.3, -0.25) is 24.8 Å². The number of rotatable bonds is 7. The van der Waals surface area contributed by atoms with Crippen LogP contribution in [0.2, 0.25) is 5.02 Å². The Morgan fingerprint density at radius 3 is 1.49 bits per heavy atom. The van der Waals surface area contributed by atoms with Gasteiger partial charge >= 0.3 is 12.4 Å². The first kappa shape index (κ1) is 29.8. The number of benzene rings is 3. The van der Waals surface area contributed by atoms with E-state index in [1.807, 2.05) is 0 Å². The Kier molecular flexibility index (Phi) is 7.96. The molecule has 1 N–H and O–H groups in total. The minimum atomic E-state index is -5.30. The van der Waals surface area contributed by atoms with Gasteiger partial charge in [-0.1, -0.05) is 23.7 Å². The molecule has 3 aromatic carbocycles. The van der Waals surface area contributed by atoms with Gasteiger partial charge in [-0.25, -0.2) is 0 Å². The maximum atomic E-state index is 13.8. The second-order valence-electron chi connectivity index (χ2n) is 7.95. The van der Waals surface area contributed by atoms with E-state index >= 15 is 0 Å². The molecule has 0 radical (unpaired) electrons. The van der Waals surface area contributed by atoms with Crippen LogP contribution >= 0.6 is 11.6 Å². The Morgan fingerprint density at radius 1 is 0.718 bits per heavy atom. The predicted molar refractivity (Wildman–Crippen MR) is 123 cm³/mol. The summed E-state index contributed by atoms with van der Waals surface area (Å²) in [6.45, 7) is 0. The van der Waals surface area contributed by atoms with E-state index in [9.17, 15) is 59.5 Å². The van der Waals surface area contributed by atoms with Crippen LogP contribution in [0.1, 0.15) is 33.4 Å². The van der Waals surface area contributed by atoms with Crippen molar-refractivity contribution < 1.29 is 49.2 Å². The van der Waals surface area contributed by atoms with E-state index < -0.39 is 99.8 Å². The first-order valence-corrected chi connectivity index (χ1v) is 12.1. The highest BCUT2D eigenvalue weighted by Gasteiger charge is 2.39. The van der Waals surface area contributed by atoms with Crippen LogP contribution in [0, 0.1) is 20.2 Å². The molecule has 208 valence electrons. The van der Waals surface area contributed by atoms with Gasteiger partial charge in [0, 0.05) is 41.1 Å². The monoisotopic (exact) mass is 598 g/mol. The molecule has 3 aromatic rings. The Bertz CT molecular complexity index is 1590. The molecule has 0 fully saturated rings. The van der Waals surface area contributed by atoms with Gasteiger partial charge in [-0.05, 0) is 35.4 Å². The first-order valence-electron chi connectivity index (χ1n) is 10.3. The predicted octanol–water partition coefficient (Wildman–Crippen LogP) is 6.62. The van der Waals surface area contributed by atoms with E-state index in [0.717, 1.165) is 18.2 Å². The molecule has 0 aromatic heterocycles. The summed E-state index contributed by atoms with van der Waals surface area (Å²) in [5.41, 5.74) is -8.81. The molecule has 0 heterocycles. The Balaban J connectivity index is 2.43. The van der Waals surface area contributed by atoms with Crippen LogP contribution in [0.4, 0.5) is 37.7 Å². The number of halogens is 7. The number of hydrogen-bond donors (Lipinski definition) is 1. The van der Waals surface area contributed by atoms with Gasteiger partial charge in [0.15, 0.2) is 0 Å². The summed E-state index contributed by atoms with van der Waals surface area (Å²) < 4.78 is 117. The van der Waals surface area contributed by atoms with Crippen molar-refractivity contribution in [1.29, 1.82) is 0 Å². The van der Waals surface area contributed by atoms with Crippen molar-refractivity contribution in [2.45, 2.75) is 30.1 Å². The average Bonchev–Trinajstić information content (AvgIpc) is 2.78. The number of hydrogen-bond acceptors (Lipinski definition) is 6. The van der Waals surface area contributed by atoms with Crippen LogP contribution in [-0.4, -0.2) is 22.8 Å². The van der Waals surface area contributed by atoms with E-state index in [1.165, 1.54) is 0 Å². The minimum absolute atomic E-state index is 0.462. The maximum absolute atomic E-state index is 13.8. The molecule has 0 aliphatic heterocycles. The molecule has 0 spiro atoms. The summed E-state index contributed by atoms with van der Waals surface area (Å²) in [5, 5.41) is 22.5. The van der Waals surface area contributed by atoms with Gasteiger partial charge in [0.05, 0.1) is 25.9 Å². The van der Waals surface area contributed by atoms with Gasteiger partial charge in [-0.15, -0.1) is 0 Å². The lowest BCUT2D eigenvalue weighted by Gasteiger charge is -2.19. The molecule has 0 amide bonds. The van der Waals surface area contributed by atoms with Crippen molar-refractivity contribution in [3.05, 3.63) is 107 Å². The second kappa shape index (κ2) is 10.4. The Hall–Kier alpha value is -3.76. The molecule has 0 aliphatic rings. The van der Waals surface area contributed by atoms with Crippen LogP contribution in [0.3, 0.4) is 0 Å².